The van der Waals surface area contributed by atoms with E-state index in [0.29, 0.717) is 0 Å². The first-order chi connectivity index (χ1) is 11.3. The minimum absolute atomic E-state index is 0.209. The summed E-state index contributed by atoms with van der Waals surface area (Å²) in [4.78, 5) is 9.44. The van der Waals surface area contributed by atoms with Crippen LogP contribution in [-0.4, -0.2) is 54.3 Å². The normalized spacial score (nSPS) is 18.6. The summed E-state index contributed by atoms with van der Waals surface area (Å²) < 4.78 is 0. The summed E-state index contributed by atoms with van der Waals surface area (Å²) in [6, 6.07) is 2.45. The standard InChI is InChI=1S/C18H26N4O/c1-2-17-15-6-4-3-5-14(15)16(13-19)18(20-17)22-9-7-21(8-10-22)11-12-23/h23H,2-12H2,1H3. The number of hydrogen-bond acceptors (Lipinski definition) is 5. The third kappa shape index (κ3) is 3.19. The summed E-state index contributed by atoms with van der Waals surface area (Å²) in [5, 5.41) is 18.8. The SMILES string of the molecule is CCc1nc(N2CCN(CCO)CC2)c(C#N)c2c1CCCC2. The van der Waals surface area contributed by atoms with Crippen molar-refractivity contribution in [1.29, 1.82) is 5.26 Å². The van der Waals surface area contributed by atoms with Crippen LogP contribution in [0.25, 0.3) is 0 Å². The number of aliphatic hydroxyl groups is 1. The molecule has 1 aromatic heterocycles. The maximum Gasteiger partial charge on any atom is 0.147 e. The molecule has 0 unspecified atom stereocenters. The van der Waals surface area contributed by atoms with E-state index >= 15 is 0 Å². The van der Waals surface area contributed by atoms with Crippen LogP contribution in [-0.2, 0) is 19.3 Å². The van der Waals surface area contributed by atoms with Gasteiger partial charge in [-0.2, -0.15) is 5.26 Å². The number of pyridine rings is 1. The maximum atomic E-state index is 9.74. The molecule has 0 amide bonds. The highest BCUT2D eigenvalue weighted by molar-refractivity contribution is 5.62. The minimum atomic E-state index is 0.209. The van der Waals surface area contributed by atoms with E-state index < -0.39 is 0 Å². The van der Waals surface area contributed by atoms with Gasteiger partial charge in [-0.1, -0.05) is 6.92 Å². The van der Waals surface area contributed by atoms with Crippen LogP contribution in [0.2, 0.25) is 0 Å². The first-order valence-corrected chi connectivity index (χ1v) is 8.81. The van der Waals surface area contributed by atoms with Gasteiger partial charge in [0.2, 0.25) is 0 Å². The molecule has 1 aliphatic carbocycles. The van der Waals surface area contributed by atoms with Crippen LogP contribution in [0, 0.1) is 11.3 Å². The Morgan fingerprint density at radius 1 is 1.13 bits per heavy atom. The molecule has 1 aliphatic heterocycles. The third-order valence-electron chi connectivity index (χ3n) is 5.12. The Labute approximate surface area is 138 Å². The Kier molecular flexibility index (Phi) is 5.14. The zero-order chi connectivity index (χ0) is 16.2. The molecule has 1 aromatic rings. The number of anilines is 1. The molecule has 5 heteroatoms. The molecule has 0 aromatic carbocycles. The lowest BCUT2D eigenvalue weighted by molar-refractivity contribution is 0.188. The summed E-state index contributed by atoms with van der Waals surface area (Å²) in [5.74, 6) is 0.897. The van der Waals surface area contributed by atoms with Gasteiger partial charge in [-0.15, -0.1) is 0 Å². The summed E-state index contributed by atoms with van der Waals surface area (Å²) in [7, 11) is 0. The highest BCUT2D eigenvalue weighted by atomic mass is 16.3. The maximum absolute atomic E-state index is 9.74. The van der Waals surface area contributed by atoms with Crippen LogP contribution in [0.3, 0.4) is 0 Å². The molecule has 5 nitrogen and oxygen atoms in total. The highest BCUT2D eigenvalue weighted by Crippen LogP contribution is 2.32. The molecule has 0 radical (unpaired) electrons. The molecule has 1 N–H and O–H groups in total. The fourth-order valence-electron chi connectivity index (χ4n) is 3.85. The van der Waals surface area contributed by atoms with Crippen LogP contribution < -0.4 is 4.90 Å². The second-order valence-electron chi connectivity index (χ2n) is 6.44. The Morgan fingerprint density at radius 2 is 1.83 bits per heavy atom. The smallest absolute Gasteiger partial charge is 0.147 e. The van der Waals surface area contributed by atoms with Crippen LogP contribution in [0.5, 0.6) is 0 Å². The lowest BCUT2D eigenvalue weighted by Crippen LogP contribution is -2.47. The summed E-state index contributed by atoms with van der Waals surface area (Å²) in [5.41, 5.74) is 4.61. The summed E-state index contributed by atoms with van der Waals surface area (Å²) >= 11 is 0. The van der Waals surface area contributed by atoms with Crippen molar-refractivity contribution < 1.29 is 5.11 Å². The number of hydrogen-bond donors (Lipinski definition) is 1. The second-order valence-corrected chi connectivity index (χ2v) is 6.44. The molecule has 1 saturated heterocycles. The molecule has 0 spiro atoms. The van der Waals surface area contributed by atoms with Crippen molar-refractivity contribution in [2.45, 2.75) is 39.0 Å². The molecule has 0 bridgehead atoms. The Bertz CT molecular complexity index is 600. The molecule has 2 aliphatic rings. The molecule has 0 saturated carbocycles. The van der Waals surface area contributed by atoms with Gasteiger partial charge in [0, 0.05) is 38.4 Å². The van der Waals surface area contributed by atoms with E-state index in [2.05, 4.69) is 22.8 Å². The number of piperazine rings is 1. The Balaban J connectivity index is 1.92. The number of aliphatic hydroxyl groups excluding tert-OH is 1. The van der Waals surface area contributed by atoms with Gasteiger partial charge in [-0.05, 0) is 43.2 Å². The van der Waals surface area contributed by atoms with Crippen LogP contribution in [0.1, 0.15) is 42.1 Å². The van der Waals surface area contributed by atoms with E-state index in [4.69, 9.17) is 10.1 Å². The molecule has 2 heterocycles. The average molecular weight is 314 g/mol. The predicted octanol–water partition coefficient (Wildman–Crippen LogP) is 1.51. The van der Waals surface area contributed by atoms with E-state index in [1.54, 1.807) is 0 Å². The molecule has 1 fully saturated rings. The van der Waals surface area contributed by atoms with Crippen molar-refractivity contribution in [3.05, 3.63) is 22.4 Å². The molecule has 23 heavy (non-hydrogen) atoms. The van der Waals surface area contributed by atoms with E-state index in [1.807, 2.05) is 0 Å². The van der Waals surface area contributed by atoms with E-state index in [9.17, 15) is 5.26 Å². The largest absolute Gasteiger partial charge is 0.395 e. The number of nitriles is 1. The van der Waals surface area contributed by atoms with Crippen LogP contribution >= 0.6 is 0 Å². The second kappa shape index (κ2) is 7.29. The first kappa shape index (κ1) is 16.2. The van der Waals surface area contributed by atoms with Crippen molar-refractivity contribution in [2.24, 2.45) is 0 Å². The lowest BCUT2D eigenvalue weighted by Gasteiger charge is -2.36. The fourth-order valence-corrected chi connectivity index (χ4v) is 3.85. The quantitative estimate of drug-likeness (QED) is 0.913. The van der Waals surface area contributed by atoms with Gasteiger partial charge in [-0.3, -0.25) is 4.90 Å². The number of rotatable bonds is 4. The van der Waals surface area contributed by atoms with Crippen molar-refractivity contribution in [1.82, 2.24) is 9.88 Å². The van der Waals surface area contributed by atoms with E-state index in [-0.39, 0.29) is 6.61 Å². The number of nitrogens with zero attached hydrogens (tertiary/aromatic N) is 4. The van der Waals surface area contributed by atoms with Crippen molar-refractivity contribution >= 4 is 5.82 Å². The topological polar surface area (TPSA) is 63.4 Å². The monoisotopic (exact) mass is 314 g/mol. The molecule has 124 valence electrons. The van der Waals surface area contributed by atoms with Crippen LogP contribution in [0.15, 0.2) is 0 Å². The highest BCUT2D eigenvalue weighted by Gasteiger charge is 2.26. The van der Waals surface area contributed by atoms with E-state index in [1.165, 1.54) is 29.7 Å². The summed E-state index contributed by atoms with van der Waals surface area (Å²) in [6.45, 7) is 6.70. The third-order valence-corrected chi connectivity index (χ3v) is 5.12. The van der Waals surface area contributed by atoms with Crippen molar-refractivity contribution in [2.75, 3.05) is 44.2 Å². The van der Waals surface area contributed by atoms with Gasteiger partial charge >= 0.3 is 0 Å². The first-order valence-electron chi connectivity index (χ1n) is 8.81. The zero-order valence-corrected chi connectivity index (χ0v) is 14.0. The minimum Gasteiger partial charge on any atom is -0.395 e. The van der Waals surface area contributed by atoms with Crippen LogP contribution in [0.4, 0.5) is 5.82 Å². The van der Waals surface area contributed by atoms with E-state index in [0.717, 1.165) is 63.4 Å². The van der Waals surface area contributed by atoms with Gasteiger partial charge in [-0.25, -0.2) is 4.98 Å². The van der Waals surface area contributed by atoms with Crippen molar-refractivity contribution in [3.8, 4) is 6.07 Å². The lowest BCUT2D eigenvalue weighted by atomic mass is 9.87. The fraction of sp³-hybridized carbons (Fsp3) is 0.667. The van der Waals surface area contributed by atoms with Gasteiger partial charge in [0.1, 0.15) is 11.9 Å². The van der Waals surface area contributed by atoms with Gasteiger partial charge in [0.05, 0.1) is 12.2 Å². The molecular weight excluding hydrogens is 288 g/mol. The number of fused-ring (bicyclic) bond motifs is 1. The van der Waals surface area contributed by atoms with Gasteiger partial charge in [0.15, 0.2) is 0 Å². The van der Waals surface area contributed by atoms with Gasteiger partial charge < -0.3 is 10.0 Å². The Hall–Kier alpha value is -1.64. The Morgan fingerprint density at radius 3 is 2.43 bits per heavy atom. The molecular formula is C18H26N4O. The zero-order valence-electron chi connectivity index (χ0n) is 14.0. The average Bonchev–Trinajstić information content (AvgIpc) is 2.61. The number of aromatic nitrogens is 1. The molecule has 0 atom stereocenters. The predicted molar refractivity (Wildman–Crippen MR) is 90.7 cm³/mol. The summed E-state index contributed by atoms with van der Waals surface area (Å²) in [6.07, 6.45) is 5.42. The molecule has 3 rings (SSSR count). The number of β-amino-alcohol motifs (C(OH)–C–C–N with tert-alkyl or cyclic N) is 1. The van der Waals surface area contributed by atoms with Crippen molar-refractivity contribution in [3.63, 3.8) is 0 Å². The van der Waals surface area contributed by atoms with Gasteiger partial charge in [0.25, 0.3) is 0 Å². The number of aryl methyl sites for hydroxylation is 1.